The Hall–Kier alpha value is -2.55. The van der Waals surface area contributed by atoms with Crippen LogP contribution in [0.3, 0.4) is 0 Å². The van der Waals surface area contributed by atoms with Gasteiger partial charge in [0.25, 0.3) is 0 Å². The molecular formula is C15H12N2O. The Labute approximate surface area is 105 Å². The van der Waals surface area contributed by atoms with Crippen LogP contribution in [0.4, 0.5) is 5.69 Å². The van der Waals surface area contributed by atoms with Gasteiger partial charge in [-0.2, -0.15) is 0 Å². The average Bonchev–Trinajstić information content (AvgIpc) is 2.82. The third kappa shape index (κ3) is 1.98. The quantitative estimate of drug-likeness (QED) is 0.692. The Morgan fingerprint density at radius 1 is 0.944 bits per heavy atom. The lowest BCUT2D eigenvalue weighted by atomic mass is 10.2. The lowest BCUT2D eigenvalue weighted by molar-refractivity contribution is 0.590. The van der Waals surface area contributed by atoms with E-state index in [1.54, 1.807) is 0 Å². The molecule has 0 fully saturated rings. The molecule has 3 aromatic rings. The van der Waals surface area contributed by atoms with Crippen LogP contribution in [0.2, 0.25) is 0 Å². The Balaban J connectivity index is 1.96. The van der Waals surface area contributed by atoms with E-state index in [2.05, 4.69) is 4.98 Å². The highest BCUT2D eigenvalue weighted by molar-refractivity contribution is 5.86. The second-order valence-electron chi connectivity index (χ2n) is 3.99. The molecule has 0 bridgehead atoms. The highest BCUT2D eigenvalue weighted by Crippen LogP contribution is 2.22. The van der Waals surface area contributed by atoms with Gasteiger partial charge in [-0.25, -0.2) is 4.98 Å². The molecule has 2 aromatic carbocycles. The van der Waals surface area contributed by atoms with Crippen molar-refractivity contribution in [3.05, 3.63) is 60.0 Å². The second kappa shape index (κ2) is 4.37. The van der Waals surface area contributed by atoms with Gasteiger partial charge in [0.1, 0.15) is 5.52 Å². The molecule has 3 rings (SSSR count). The standard InChI is InChI=1S/C15H12N2O/c16-12-7-4-8-13-15(12)17-14(18-13)10-9-11-5-2-1-3-6-11/h1-10H,16H2/b10-9+. The number of nitrogens with two attached hydrogens (primary N) is 1. The van der Waals surface area contributed by atoms with E-state index < -0.39 is 0 Å². The van der Waals surface area contributed by atoms with Crippen molar-refractivity contribution in [3.63, 3.8) is 0 Å². The largest absolute Gasteiger partial charge is 0.437 e. The number of hydrogen-bond donors (Lipinski definition) is 1. The molecule has 18 heavy (non-hydrogen) atoms. The maximum atomic E-state index is 5.83. The molecule has 0 spiro atoms. The van der Waals surface area contributed by atoms with Crippen LogP contribution in [0.15, 0.2) is 52.9 Å². The van der Waals surface area contributed by atoms with Crippen molar-refractivity contribution in [1.29, 1.82) is 0 Å². The molecule has 88 valence electrons. The molecule has 0 saturated carbocycles. The highest BCUT2D eigenvalue weighted by atomic mass is 16.3. The fourth-order valence-corrected chi connectivity index (χ4v) is 1.79. The maximum absolute atomic E-state index is 5.83. The van der Waals surface area contributed by atoms with Crippen LogP contribution in [0.25, 0.3) is 23.3 Å². The van der Waals surface area contributed by atoms with Crippen LogP contribution in [-0.2, 0) is 0 Å². The molecule has 0 aliphatic carbocycles. The summed E-state index contributed by atoms with van der Waals surface area (Å²) in [4.78, 5) is 4.35. The summed E-state index contributed by atoms with van der Waals surface area (Å²) >= 11 is 0. The smallest absolute Gasteiger partial charge is 0.220 e. The first-order valence-corrected chi connectivity index (χ1v) is 5.71. The van der Waals surface area contributed by atoms with Gasteiger partial charge >= 0.3 is 0 Å². The van der Waals surface area contributed by atoms with Crippen LogP contribution < -0.4 is 5.73 Å². The fourth-order valence-electron chi connectivity index (χ4n) is 1.79. The molecule has 2 N–H and O–H groups in total. The van der Waals surface area contributed by atoms with Gasteiger partial charge in [-0.1, -0.05) is 36.4 Å². The first-order valence-electron chi connectivity index (χ1n) is 5.71. The van der Waals surface area contributed by atoms with E-state index in [-0.39, 0.29) is 0 Å². The first kappa shape index (κ1) is 10.6. The van der Waals surface area contributed by atoms with Gasteiger partial charge in [0, 0.05) is 6.08 Å². The molecule has 3 nitrogen and oxygen atoms in total. The zero-order valence-corrected chi connectivity index (χ0v) is 9.71. The van der Waals surface area contributed by atoms with E-state index in [1.807, 2.05) is 60.7 Å². The number of nitrogen functional groups attached to an aromatic ring is 1. The molecule has 0 aliphatic heterocycles. The molecule has 0 saturated heterocycles. The van der Waals surface area contributed by atoms with E-state index in [0.29, 0.717) is 22.7 Å². The summed E-state index contributed by atoms with van der Waals surface area (Å²) in [5.74, 6) is 0.562. The third-order valence-electron chi connectivity index (χ3n) is 2.68. The SMILES string of the molecule is Nc1cccc2oc(/C=C/c3ccccc3)nc12. The van der Waals surface area contributed by atoms with Crippen molar-refractivity contribution in [2.75, 3.05) is 5.73 Å². The zero-order valence-electron chi connectivity index (χ0n) is 9.71. The molecule has 0 atom stereocenters. The van der Waals surface area contributed by atoms with Gasteiger partial charge < -0.3 is 10.2 Å². The second-order valence-corrected chi connectivity index (χ2v) is 3.99. The van der Waals surface area contributed by atoms with Crippen molar-refractivity contribution < 1.29 is 4.42 Å². The van der Waals surface area contributed by atoms with E-state index in [0.717, 1.165) is 5.56 Å². The lowest BCUT2D eigenvalue weighted by Gasteiger charge is -1.89. The number of rotatable bonds is 2. The number of nitrogens with zero attached hydrogens (tertiary/aromatic N) is 1. The number of para-hydroxylation sites is 1. The molecule has 1 heterocycles. The normalized spacial score (nSPS) is 11.3. The number of oxazole rings is 1. The van der Waals surface area contributed by atoms with E-state index in [4.69, 9.17) is 10.2 Å². The maximum Gasteiger partial charge on any atom is 0.220 e. The minimum atomic E-state index is 0.562. The number of aromatic nitrogens is 1. The van der Waals surface area contributed by atoms with Crippen molar-refractivity contribution >= 4 is 28.9 Å². The first-order chi connectivity index (χ1) is 8.83. The molecule has 0 amide bonds. The number of hydrogen-bond acceptors (Lipinski definition) is 3. The van der Waals surface area contributed by atoms with Crippen LogP contribution >= 0.6 is 0 Å². The van der Waals surface area contributed by atoms with Gasteiger partial charge in [0.2, 0.25) is 5.89 Å². The zero-order chi connectivity index (χ0) is 12.4. The summed E-state index contributed by atoms with van der Waals surface area (Å²) in [6.45, 7) is 0. The molecule has 0 aliphatic rings. The van der Waals surface area contributed by atoms with Gasteiger partial charge in [0.15, 0.2) is 5.58 Å². The molecule has 0 radical (unpaired) electrons. The number of fused-ring (bicyclic) bond motifs is 1. The summed E-state index contributed by atoms with van der Waals surface area (Å²) in [5.41, 5.74) is 8.99. The van der Waals surface area contributed by atoms with E-state index in [9.17, 15) is 0 Å². The molecule has 1 aromatic heterocycles. The van der Waals surface area contributed by atoms with Gasteiger partial charge in [-0.15, -0.1) is 0 Å². The van der Waals surface area contributed by atoms with Crippen molar-refractivity contribution in [1.82, 2.24) is 4.98 Å². The number of anilines is 1. The van der Waals surface area contributed by atoms with Crippen LogP contribution in [-0.4, -0.2) is 4.98 Å². The minimum absolute atomic E-state index is 0.562. The van der Waals surface area contributed by atoms with Gasteiger partial charge in [-0.3, -0.25) is 0 Å². The lowest BCUT2D eigenvalue weighted by Crippen LogP contribution is -1.84. The third-order valence-corrected chi connectivity index (χ3v) is 2.68. The van der Waals surface area contributed by atoms with Crippen molar-refractivity contribution in [3.8, 4) is 0 Å². The summed E-state index contributed by atoms with van der Waals surface area (Å²) < 4.78 is 5.59. The van der Waals surface area contributed by atoms with Crippen LogP contribution in [0.1, 0.15) is 11.5 Å². The monoisotopic (exact) mass is 236 g/mol. The van der Waals surface area contributed by atoms with Gasteiger partial charge in [0.05, 0.1) is 5.69 Å². The predicted molar refractivity (Wildman–Crippen MR) is 73.8 cm³/mol. The van der Waals surface area contributed by atoms with Crippen molar-refractivity contribution in [2.45, 2.75) is 0 Å². The summed E-state index contributed by atoms with van der Waals surface area (Å²) in [6.07, 6.45) is 3.80. The minimum Gasteiger partial charge on any atom is -0.437 e. The average molecular weight is 236 g/mol. The Morgan fingerprint density at radius 2 is 1.78 bits per heavy atom. The Bertz CT molecular complexity index is 699. The highest BCUT2D eigenvalue weighted by Gasteiger charge is 2.04. The summed E-state index contributed by atoms with van der Waals surface area (Å²) in [7, 11) is 0. The predicted octanol–water partition coefficient (Wildman–Crippen LogP) is 3.58. The van der Waals surface area contributed by atoms with Crippen molar-refractivity contribution in [2.24, 2.45) is 0 Å². The number of benzene rings is 2. The molecular weight excluding hydrogens is 224 g/mol. The summed E-state index contributed by atoms with van der Waals surface area (Å²) in [5, 5.41) is 0. The fraction of sp³-hybridized carbons (Fsp3) is 0. The van der Waals surface area contributed by atoms with E-state index in [1.165, 1.54) is 0 Å². The van der Waals surface area contributed by atoms with Crippen LogP contribution in [0.5, 0.6) is 0 Å². The van der Waals surface area contributed by atoms with Crippen LogP contribution in [0, 0.1) is 0 Å². The molecule has 3 heteroatoms. The van der Waals surface area contributed by atoms with E-state index >= 15 is 0 Å². The van der Waals surface area contributed by atoms with Gasteiger partial charge in [-0.05, 0) is 23.8 Å². The molecule has 0 unspecified atom stereocenters. The topological polar surface area (TPSA) is 52.0 Å². The summed E-state index contributed by atoms with van der Waals surface area (Å²) in [6, 6.07) is 15.5. The Morgan fingerprint density at radius 3 is 2.56 bits per heavy atom. The Kier molecular flexibility index (Phi) is 2.57.